The highest BCUT2D eigenvalue weighted by molar-refractivity contribution is 5.70. The first-order chi connectivity index (χ1) is 36.1. The Labute approximate surface area is 452 Å². The van der Waals surface area contributed by atoms with Crippen molar-refractivity contribution >= 4 is 17.9 Å². The summed E-state index contributed by atoms with van der Waals surface area (Å²) < 4.78 is 22.5. The second-order valence-electron chi connectivity index (χ2n) is 19.5. The molecule has 0 aliphatic heterocycles. The second kappa shape index (κ2) is 54.4. The van der Waals surface area contributed by atoms with E-state index in [-0.39, 0.29) is 38.6 Å². The van der Waals surface area contributed by atoms with Crippen molar-refractivity contribution < 1.29 is 42.9 Å². The summed E-state index contributed by atoms with van der Waals surface area (Å²) in [4.78, 5) is 37.0. The van der Waals surface area contributed by atoms with Gasteiger partial charge in [0.2, 0.25) is 0 Å². The van der Waals surface area contributed by atoms with Crippen molar-refractivity contribution in [2.75, 3.05) is 47.5 Å². The van der Waals surface area contributed by atoms with E-state index in [0.29, 0.717) is 17.4 Å². The van der Waals surface area contributed by atoms with Crippen LogP contribution < -0.4 is 5.11 Å². The van der Waals surface area contributed by atoms with E-state index >= 15 is 0 Å². The molecule has 0 rings (SSSR count). The van der Waals surface area contributed by atoms with Crippen LogP contribution in [0.25, 0.3) is 0 Å². The number of nitrogens with zero attached hydrogens (tertiary/aromatic N) is 1. The fraction of sp³-hybridized carbons (Fsp3) is 0.585. The first-order valence-electron chi connectivity index (χ1n) is 28.5. The minimum Gasteiger partial charge on any atom is -0.545 e. The number of carboxylic acids is 1. The Morgan fingerprint density at radius 2 is 0.770 bits per heavy atom. The predicted octanol–water partition coefficient (Wildman–Crippen LogP) is 15.5. The topological polar surface area (TPSA) is 111 Å². The number of hydrogen-bond donors (Lipinski definition) is 0. The number of allylic oxidation sites excluding steroid dienone is 24. The maximum absolute atomic E-state index is 12.8. The predicted molar refractivity (Wildman–Crippen MR) is 310 cm³/mol. The number of esters is 2. The second-order valence-corrected chi connectivity index (χ2v) is 19.5. The molecule has 0 amide bonds. The highest BCUT2D eigenvalue weighted by atomic mass is 16.7. The zero-order valence-electron chi connectivity index (χ0n) is 47.1. The molecule has 0 aromatic heterocycles. The van der Waals surface area contributed by atoms with Crippen LogP contribution in [0.4, 0.5) is 0 Å². The Morgan fingerprint density at radius 1 is 0.419 bits per heavy atom. The van der Waals surface area contributed by atoms with Gasteiger partial charge in [-0.1, -0.05) is 217 Å². The number of aliphatic carboxylic acids is 1. The molecule has 0 aromatic rings. The normalized spacial score (nSPS) is 13.9. The van der Waals surface area contributed by atoms with Crippen LogP contribution in [-0.4, -0.2) is 82.3 Å². The molecule has 0 saturated heterocycles. The van der Waals surface area contributed by atoms with Gasteiger partial charge in [0.1, 0.15) is 13.2 Å². The average molecular weight is 1030 g/mol. The minimum absolute atomic E-state index is 0.132. The molecule has 74 heavy (non-hydrogen) atoms. The third-order valence-corrected chi connectivity index (χ3v) is 11.4. The summed E-state index contributed by atoms with van der Waals surface area (Å²) in [5, 5.41) is 11.7. The van der Waals surface area contributed by atoms with E-state index < -0.39 is 24.3 Å². The van der Waals surface area contributed by atoms with Crippen LogP contribution in [0.5, 0.6) is 0 Å². The summed E-state index contributed by atoms with van der Waals surface area (Å²) in [6.45, 7) is 4.53. The van der Waals surface area contributed by atoms with Crippen LogP contribution in [-0.2, 0) is 33.3 Å². The maximum atomic E-state index is 12.8. The van der Waals surface area contributed by atoms with Crippen molar-refractivity contribution in [3.05, 3.63) is 146 Å². The smallest absolute Gasteiger partial charge is 0.306 e. The minimum atomic E-state index is -1.64. The third-order valence-electron chi connectivity index (χ3n) is 11.4. The van der Waals surface area contributed by atoms with Gasteiger partial charge < -0.3 is 33.3 Å². The molecule has 0 aliphatic carbocycles. The number of carbonyl (C=O) groups excluding carboxylic acids is 3. The fourth-order valence-corrected chi connectivity index (χ4v) is 6.99. The molecular weight excluding hydrogens is 923 g/mol. The lowest BCUT2D eigenvalue weighted by molar-refractivity contribution is -0.870. The number of carbonyl (C=O) groups is 3. The standard InChI is InChI=1S/C65H103NO8/c1-6-8-10-12-14-16-18-19-20-21-22-23-24-25-26-27-28-29-30-31-32-33-34-35-36-37-38-39-40-41-42-43-44-45-46-48-50-52-54-56-63(68)74-61(60-73-65(64(69)70)71-58-57-66(3,4)5)59-72-62(67)55-53-51-49-47-17-15-13-11-9-7-2/h8,10,14,16,19-20,22-23,25-26,28-29,31-32,34-35,37-38,40-41,43-44,46,48,61,65H,6-7,9,11-13,15,17-18,21,24,27,30,33,36,39,42,45,47,49-60H2,1-5H3/b10-8-,16-14-,20-19-,23-22-,26-25-,29-28-,32-31-,35-34-,38-37-,41-40-,44-43-,48-46-. The first-order valence-corrected chi connectivity index (χ1v) is 28.5. The summed E-state index contributed by atoms with van der Waals surface area (Å²) in [5.74, 6) is -2.36. The van der Waals surface area contributed by atoms with Gasteiger partial charge in [0.25, 0.3) is 0 Å². The summed E-state index contributed by atoms with van der Waals surface area (Å²) in [6.07, 6.45) is 76.3. The lowest BCUT2D eigenvalue weighted by atomic mass is 10.1. The molecule has 0 aromatic carbocycles. The Kier molecular flexibility index (Phi) is 50.9. The summed E-state index contributed by atoms with van der Waals surface area (Å²) in [7, 11) is 5.88. The van der Waals surface area contributed by atoms with Crippen LogP contribution >= 0.6 is 0 Å². The molecule has 2 atom stereocenters. The molecule has 0 spiro atoms. The van der Waals surface area contributed by atoms with Crippen molar-refractivity contribution in [3.63, 3.8) is 0 Å². The summed E-state index contributed by atoms with van der Waals surface area (Å²) in [5.41, 5.74) is 0. The highest BCUT2D eigenvalue weighted by Gasteiger charge is 2.21. The summed E-state index contributed by atoms with van der Waals surface area (Å²) in [6, 6.07) is 0. The van der Waals surface area contributed by atoms with Gasteiger partial charge in [-0.2, -0.15) is 0 Å². The molecule has 0 N–H and O–H groups in total. The number of rotatable bonds is 50. The van der Waals surface area contributed by atoms with E-state index in [2.05, 4.69) is 160 Å². The molecule has 416 valence electrons. The SMILES string of the molecule is CC/C=C\C/C=C\C/C=C\C/C=C\C/C=C\C/C=C\C/C=C\C/C=C\C/C=C\C/C=C\C/C=C\C/C=C\CCCCC(=O)OC(COC(=O)CCCCCCCCCCCC)COC(OCC[N+](C)(C)C)C(=O)[O-]. The molecular formula is C65H103NO8. The quantitative estimate of drug-likeness (QED) is 0.0195. The van der Waals surface area contributed by atoms with Crippen molar-refractivity contribution in [2.24, 2.45) is 0 Å². The zero-order chi connectivity index (χ0) is 54.1. The Balaban J connectivity index is 4.26. The number of quaternary nitrogens is 1. The third kappa shape index (κ3) is 54.9. The molecule has 9 nitrogen and oxygen atoms in total. The van der Waals surface area contributed by atoms with E-state index in [1.807, 2.05) is 21.1 Å². The number of hydrogen-bond acceptors (Lipinski definition) is 8. The number of ether oxygens (including phenoxy) is 4. The van der Waals surface area contributed by atoms with Crippen LogP contribution in [0.3, 0.4) is 0 Å². The van der Waals surface area contributed by atoms with Gasteiger partial charge in [-0.3, -0.25) is 9.59 Å². The number of unbranched alkanes of at least 4 members (excludes halogenated alkanes) is 11. The highest BCUT2D eigenvalue weighted by Crippen LogP contribution is 2.13. The Bertz CT molecular complexity index is 1720. The Hall–Kier alpha value is -4.83. The van der Waals surface area contributed by atoms with E-state index in [0.717, 1.165) is 109 Å². The Morgan fingerprint density at radius 3 is 1.15 bits per heavy atom. The molecule has 0 fully saturated rings. The first kappa shape index (κ1) is 69.2. The maximum Gasteiger partial charge on any atom is 0.306 e. The van der Waals surface area contributed by atoms with Gasteiger partial charge in [-0.05, 0) is 103 Å². The van der Waals surface area contributed by atoms with Crippen molar-refractivity contribution in [1.82, 2.24) is 0 Å². The van der Waals surface area contributed by atoms with E-state index in [1.54, 1.807) is 0 Å². The molecule has 0 saturated carbocycles. The van der Waals surface area contributed by atoms with E-state index in [1.165, 1.54) is 44.9 Å². The van der Waals surface area contributed by atoms with Gasteiger partial charge in [0.15, 0.2) is 12.4 Å². The number of likely N-dealkylation sites (N-methyl/N-ethyl adjacent to an activating group) is 1. The molecule has 0 radical (unpaired) electrons. The van der Waals surface area contributed by atoms with Crippen molar-refractivity contribution in [2.45, 2.75) is 200 Å². The van der Waals surface area contributed by atoms with Crippen LogP contribution in [0, 0.1) is 0 Å². The van der Waals surface area contributed by atoms with Gasteiger partial charge >= 0.3 is 11.9 Å². The van der Waals surface area contributed by atoms with Crippen LogP contribution in [0.15, 0.2) is 146 Å². The monoisotopic (exact) mass is 1030 g/mol. The summed E-state index contributed by atoms with van der Waals surface area (Å²) >= 11 is 0. The van der Waals surface area contributed by atoms with Gasteiger partial charge in [0.05, 0.1) is 40.3 Å². The zero-order valence-corrected chi connectivity index (χ0v) is 47.1. The van der Waals surface area contributed by atoms with Gasteiger partial charge in [-0.25, -0.2) is 0 Å². The van der Waals surface area contributed by atoms with E-state index in [9.17, 15) is 19.5 Å². The fourth-order valence-electron chi connectivity index (χ4n) is 6.99. The molecule has 0 bridgehead atoms. The lowest BCUT2D eigenvalue weighted by Crippen LogP contribution is -2.44. The molecule has 0 heterocycles. The average Bonchev–Trinajstić information content (AvgIpc) is 3.37. The molecule has 0 aliphatic rings. The molecule has 9 heteroatoms. The largest absolute Gasteiger partial charge is 0.545 e. The van der Waals surface area contributed by atoms with Gasteiger partial charge in [-0.15, -0.1) is 0 Å². The lowest BCUT2D eigenvalue weighted by Gasteiger charge is -2.26. The molecule has 2 unspecified atom stereocenters. The van der Waals surface area contributed by atoms with Crippen molar-refractivity contribution in [3.8, 4) is 0 Å². The van der Waals surface area contributed by atoms with Crippen LogP contribution in [0.1, 0.15) is 187 Å². The van der Waals surface area contributed by atoms with Gasteiger partial charge in [0, 0.05) is 12.8 Å². The van der Waals surface area contributed by atoms with Crippen molar-refractivity contribution in [1.29, 1.82) is 0 Å². The van der Waals surface area contributed by atoms with Crippen LogP contribution in [0.2, 0.25) is 0 Å². The van der Waals surface area contributed by atoms with E-state index in [4.69, 9.17) is 18.9 Å². The number of carboxylic acid groups (broad SMARTS) is 1.